The smallest absolute Gasteiger partial charge is 0.160 e. The fraction of sp³-hybridized carbons (Fsp3) is 0.0185. The maximum absolute atomic E-state index is 10.7. The molecule has 2 aliphatic rings. The molecule has 11 rings (SSSR count). The summed E-state index contributed by atoms with van der Waals surface area (Å²) < 4.78 is 6.56. The molecule has 0 radical (unpaired) electrons. The molecule has 58 heavy (non-hydrogen) atoms. The average Bonchev–Trinajstić information content (AvgIpc) is 3.60. The van der Waals surface area contributed by atoms with Gasteiger partial charge in [0.15, 0.2) is 5.82 Å². The number of hydrogen-bond donors (Lipinski definition) is 0. The topological polar surface area (TPSA) is 58.8 Å². The fourth-order valence-corrected chi connectivity index (χ4v) is 9.09. The van der Waals surface area contributed by atoms with Crippen LogP contribution in [0.2, 0.25) is 0 Å². The zero-order chi connectivity index (χ0) is 38.6. The van der Waals surface area contributed by atoms with Crippen molar-refractivity contribution in [2.45, 2.75) is 5.41 Å². The van der Waals surface area contributed by atoms with Gasteiger partial charge in [0, 0.05) is 33.4 Å². The number of hydrogen-bond acceptors (Lipinski definition) is 4. The average molecular weight is 740 g/mol. The Hall–Kier alpha value is -7.87. The van der Waals surface area contributed by atoms with Crippen LogP contribution >= 0.6 is 0 Å². The summed E-state index contributed by atoms with van der Waals surface area (Å²) in [5.74, 6) is 2.30. The number of fused-ring (bicyclic) bond motifs is 9. The van der Waals surface area contributed by atoms with E-state index < -0.39 is 5.41 Å². The molecule has 9 aromatic rings. The number of nitrogens with zero attached hydrogens (tertiary/aromatic N) is 3. The number of aromatic nitrogens is 2. The Morgan fingerprint density at radius 1 is 0.397 bits per heavy atom. The van der Waals surface area contributed by atoms with Crippen LogP contribution in [-0.2, 0) is 5.41 Å². The Morgan fingerprint density at radius 2 is 0.897 bits per heavy atom. The van der Waals surface area contributed by atoms with Crippen LogP contribution in [0.25, 0.3) is 67.3 Å². The van der Waals surface area contributed by atoms with E-state index in [1.165, 1.54) is 5.56 Å². The van der Waals surface area contributed by atoms with E-state index in [9.17, 15) is 5.26 Å². The van der Waals surface area contributed by atoms with Crippen molar-refractivity contribution in [3.05, 3.63) is 228 Å². The van der Waals surface area contributed by atoms with Gasteiger partial charge in [-0.3, -0.25) is 0 Å². The number of para-hydroxylation sites is 2. The molecule has 2 heterocycles. The number of rotatable bonds is 5. The van der Waals surface area contributed by atoms with Gasteiger partial charge < -0.3 is 4.74 Å². The highest BCUT2D eigenvalue weighted by Gasteiger charge is 2.52. The molecule has 4 heteroatoms. The van der Waals surface area contributed by atoms with Gasteiger partial charge >= 0.3 is 0 Å². The maximum Gasteiger partial charge on any atom is 0.160 e. The molecule has 0 bridgehead atoms. The van der Waals surface area contributed by atoms with Gasteiger partial charge in [0.2, 0.25) is 0 Å². The monoisotopic (exact) mass is 739 g/mol. The highest BCUT2D eigenvalue weighted by Crippen LogP contribution is 2.63. The van der Waals surface area contributed by atoms with Crippen LogP contribution in [0.5, 0.6) is 11.5 Å². The van der Waals surface area contributed by atoms with Crippen molar-refractivity contribution in [2.24, 2.45) is 0 Å². The standard InChI is InChI=1S/C54H33N3O/c55-34-41-20-12-24-45-51(41)52-42(21-13-25-46(52)54(45)43-22-7-9-26-49(43)58-50-27-10-8-23-44(50)54)39-18-11-19-40(32-39)48-33-47(56-53(57-48)38-16-5-2-6-17-38)37-30-28-36(29-31-37)35-14-3-1-4-15-35/h1-33H. The summed E-state index contributed by atoms with van der Waals surface area (Å²) >= 11 is 0. The summed E-state index contributed by atoms with van der Waals surface area (Å²) in [6.07, 6.45) is 0. The molecule has 0 fully saturated rings. The van der Waals surface area contributed by atoms with Gasteiger partial charge in [-0.2, -0.15) is 5.26 Å². The molecule has 4 nitrogen and oxygen atoms in total. The second-order valence-electron chi connectivity index (χ2n) is 14.8. The van der Waals surface area contributed by atoms with E-state index in [1.54, 1.807) is 0 Å². The number of benzene rings is 8. The summed E-state index contributed by atoms with van der Waals surface area (Å²) in [7, 11) is 0. The molecular formula is C54H33N3O. The zero-order valence-corrected chi connectivity index (χ0v) is 31.3. The third-order valence-electron chi connectivity index (χ3n) is 11.6. The zero-order valence-electron chi connectivity index (χ0n) is 31.3. The summed E-state index contributed by atoms with van der Waals surface area (Å²) in [5.41, 5.74) is 15.3. The molecule has 0 atom stereocenters. The summed E-state index contributed by atoms with van der Waals surface area (Å²) in [6.45, 7) is 0. The van der Waals surface area contributed by atoms with Gasteiger partial charge in [0.25, 0.3) is 0 Å². The van der Waals surface area contributed by atoms with Crippen LogP contribution in [0, 0.1) is 11.3 Å². The predicted molar refractivity (Wildman–Crippen MR) is 231 cm³/mol. The lowest BCUT2D eigenvalue weighted by Gasteiger charge is -2.39. The summed E-state index contributed by atoms with van der Waals surface area (Å²) in [6, 6.07) is 71.7. The van der Waals surface area contributed by atoms with Crippen LogP contribution in [0.1, 0.15) is 27.8 Å². The molecule has 0 amide bonds. The molecule has 1 spiro atoms. The van der Waals surface area contributed by atoms with Gasteiger partial charge in [-0.15, -0.1) is 0 Å². The van der Waals surface area contributed by atoms with E-state index in [-0.39, 0.29) is 0 Å². The minimum absolute atomic E-state index is 0.645. The van der Waals surface area contributed by atoms with Crippen molar-refractivity contribution in [2.75, 3.05) is 0 Å². The van der Waals surface area contributed by atoms with Gasteiger partial charge in [-0.1, -0.05) is 170 Å². The van der Waals surface area contributed by atoms with Crippen LogP contribution in [-0.4, -0.2) is 9.97 Å². The SMILES string of the molecule is N#Cc1cccc2c1-c1c(-c3cccc(-c4cc(-c5ccc(-c6ccccc6)cc5)nc(-c5ccccc5)n4)c3)cccc1C21c2ccccc2Oc2ccccc21. The van der Waals surface area contributed by atoms with Crippen molar-refractivity contribution in [1.29, 1.82) is 5.26 Å². The first-order valence-corrected chi connectivity index (χ1v) is 19.5. The summed E-state index contributed by atoms with van der Waals surface area (Å²) in [5, 5.41) is 10.7. The third-order valence-corrected chi connectivity index (χ3v) is 11.6. The third kappa shape index (κ3) is 5.15. The van der Waals surface area contributed by atoms with Crippen molar-refractivity contribution in [1.82, 2.24) is 9.97 Å². The molecule has 0 unspecified atom stereocenters. The lowest BCUT2D eigenvalue weighted by molar-refractivity contribution is 0.436. The van der Waals surface area contributed by atoms with E-state index in [4.69, 9.17) is 14.7 Å². The maximum atomic E-state index is 10.7. The Balaban J connectivity index is 1.10. The van der Waals surface area contributed by atoms with E-state index in [0.717, 1.165) is 89.6 Å². The Morgan fingerprint density at radius 3 is 1.59 bits per heavy atom. The van der Waals surface area contributed by atoms with Crippen molar-refractivity contribution >= 4 is 0 Å². The van der Waals surface area contributed by atoms with E-state index in [1.807, 2.05) is 60.7 Å². The summed E-state index contributed by atoms with van der Waals surface area (Å²) in [4.78, 5) is 10.3. The highest BCUT2D eigenvalue weighted by molar-refractivity contribution is 5.99. The molecule has 0 saturated carbocycles. The molecule has 0 N–H and O–H groups in total. The molecule has 1 aliphatic carbocycles. The van der Waals surface area contributed by atoms with E-state index in [2.05, 4.69) is 146 Å². The molecule has 0 saturated heterocycles. The van der Waals surface area contributed by atoms with Gasteiger partial charge in [0.05, 0.1) is 28.4 Å². The fourth-order valence-electron chi connectivity index (χ4n) is 9.09. The number of nitriles is 1. The van der Waals surface area contributed by atoms with Gasteiger partial charge in [-0.25, -0.2) is 9.97 Å². The lowest BCUT2D eigenvalue weighted by Crippen LogP contribution is -2.32. The van der Waals surface area contributed by atoms with E-state index >= 15 is 0 Å². The van der Waals surface area contributed by atoms with Crippen molar-refractivity contribution in [3.8, 4) is 84.9 Å². The second-order valence-corrected chi connectivity index (χ2v) is 14.8. The first-order chi connectivity index (χ1) is 28.7. The van der Waals surface area contributed by atoms with E-state index in [0.29, 0.717) is 11.4 Å². The molecule has 270 valence electrons. The van der Waals surface area contributed by atoms with Gasteiger partial charge in [-0.05, 0) is 69.3 Å². The van der Waals surface area contributed by atoms with Crippen molar-refractivity contribution < 1.29 is 4.74 Å². The van der Waals surface area contributed by atoms with Crippen molar-refractivity contribution in [3.63, 3.8) is 0 Å². The van der Waals surface area contributed by atoms with Crippen LogP contribution in [0.4, 0.5) is 0 Å². The normalized spacial score (nSPS) is 12.7. The number of ether oxygens (including phenoxy) is 1. The molecule has 1 aromatic heterocycles. The second kappa shape index (κ2) is 13.4. The lowest BCUT2D eigenvalue weighted by atomic mass is 9.66. The quantitative estimate of drug-likeness (QED) is 0.176. The Labute approximate surface area is 337 Å². The Bertz CT molecular complexity index is 3050. The minimum atomic E-state index is -0.682. The minimum Gasteiger partial charge on any atom is -0.457 e. The predicted octanol–water partition coefficient (Wildman–Crippen LogP) is 13.2. The Kier molecular flexibility index (Phi) is 7.74. The van der Waals surface area contributed by atoms with Gasteiger partial charge in [0.1, 0.15) is 11.5 Å². The molecule has 1 aliphatic heterocycles. The first kappa shape index (κ1) is 33.5. The first-order valence-electron chi connectivity index (χ1n) is 19.5. The highest BCUT2D eigenvalue weighted by atomic mass is 16.5. The van der Waals surface area contributed by atoms with Crippen LogP contribution in [0.3, 0.4) is 0 Å². The largest absolute Gasteiger partial charge is 0.457 e. The molecular weight excluding hydrogens is 707 g/mol. The molecule has 8 aromatic carbocycles. The van der Waals surface area contributed by atoms with Crippen LogP contribution < -0.4 is 4.74 Å². The van der Waals surface area contributed by atoms with Crippen LogP contribution in [0.15, 0.2) is 200 Å².